The summed E-state index contributed by atoms with van der Waals surface area (Å²) in [5.41, 5.74) is 5.42. The van der Waals surface area contributed by atoms with Gasteiger partial charge in [0.2, 0.25) is 10.0 Å². The monoisotopic (exact) mass is 278 g/mol. The van der Waals surface area contributed by atoms with Gasteiger partial charge in [0.25, 0.3) is 0 Å². The first-order valence-corrected chi connectivity index (χ1v) is 7.06. The Hall–Kier alpha value is -1.05. The third-order valence-electron chi connectivity index (χ3n) is 2.43. The van der Waals surface area contributed by atoms with E-state index in [1.54, 1.807) is 0 Å². The summed E-state index contributed by atoms with van der Waals surface area (Å²) in [6.07, 6.45) is 1.27. The highest BCUT2D eigenvalue weighted by atomic mass is 32.2. The van der Waals surface area contributed by atoms with Crippen LogP contribution in [0.3, 0.4) is 0 Å². The van der Waals surface area contributed by atoms with E-state index in [1.165, 1.54) is 0 Å². The molecule has 0 aliphatic carbocycles. The lowest BCUT2D eigenvalue weighted by Gasteiger charge is -2.16. The molecule has 18 heavy (non-hydrogen) atoms. The molecule has 0 amide bonds. The zero-order valence-corrected chi connectivity index (χ0v) is 10.8. The van der Waals surface area contributed by atoms with E-state index in [1.807, 2.05) is 6.92 Å². The minimum atomic E-state index is -4.09. The first-order valence-electron chi connectivity index (χ1n) is 5.58. The second-order valence-electron chi connectivity index (χ2n) is 3.92. The van der Waals surface area contributed by atoms with Crippen LogP contribution in [0.1, 0.15) is 19.8 Å². The van der Waals surface area contributed by atoms with Crippen molar-refractivity contribution in [1.29, 1.82) is 0 Å². The van der Waals surface area contributed by atoms with E-state index in [9.17, 15) is 17.2 Å². The minimum absolute atomic E-state index is 0.101. The summed E-state index contributed by atoms with van der Waals surface area (Å²) in [5.74, 6) is -1.80. The van der Waals surface area contributed by atoms with Crippen molar-refractivity contribution in [2.45, 2.75) is 30.7 Å². The maximum atomic E-state index is 13.4. The van der Waals surface area contributed by atoms with Gasteiger partial charge in [0.1, 0.15) is 16.5 Å². The van der Waals surface area contributed by atoms with Gasteiger partial charge in [-0.25, -0.2) is 21.9 Å². The zero-order valence-electron chi connectivity index (χ0n) is 9.99. The average Bonchev–Trinajstić information content (AvgIpc) is 2.31. The van der Waals surface area contributed by atoms with Crippen LogP contribution in [0, 0.1) is 11.6 Å². The highest BCUT2D eigenvalue weighted by molar-refractivity contribution is 7.89. The quantitative estimate of drug-likeness (QED) is 0.825. The number of halogens is 2. The molecular formula is C11H16F2N2O2S. The summed E-state index contributed by atoms with van der Waals surface area (Å²) in [6, 6.07) is 1.81. The Labute approximate surface area is 105 Å². The highest BCUT2D eigenvalue weighted by Gasteiger charge is 2.22. The summed E-state index contributed by atoms with van der Waals surface area (Å²) in [5, 5.41) is 0. The Kier molecular flexibility index (Phi) is 5.18. The molecule has 102 valence electrons. The van der Waals surface area contributed by atoms with Gasteiger partial charge in [0.05, 0.1) is 0 Å². The Bertz CT molecular complexity index is 506. The van der Waals surface area contributed by atoms with Crippen molar-refractivity contribution in [3.63, 3.8) is 0 Å². The Morgan fingerprint density at radius 2 is 2.06 bits per heavy atom. The number of nitrogens with one attached hydrogen (secondary N) is 1. The molecule has 3 N–H and O–H groups in total. The smallest absolute Gasteiger partial charge is 0.243 e. The molecule has 1 aromatic carbocycles. The van der Waals surface area contributed by atoms with Crippen LogP contribution in [-0.4, -0.2) is 21.0 Å². The SMILES string of the molecule is CCCC(CN)NS(=O)(=O)c1cc(F)ccc1F. The predicted octanol–water partition coefficient (Wildman–Crippen LogP) is 1.37. The van der Waals surface area contributed by atoms with Crippen LogP contribution in [0.2, 0.25) is 0 Å². The molecule has 0 radical (unpaired) electrons. The van der Waals surface area contributed by atoms with Crippen LogP contribution in [0.25, 0.3) is 0 Å². The minimum Gasteiger partial charge on any atom is -0.329 e. The van der Waals surface area contributed by atoms with Crippen LogP contribution in [0.5, 0.6) is 0 Å². The van der Waals surface area contributed by atoms with Gasteiger partial charge in [-0.3, -0.25) is 0 Å². The first-order chi connectivity index (χ1) is 8.40. The normalized spacial score (nSPS) is 13.6. The predicted molar refractivity (Wildman–Crippen MR) is 64.4 cm³/mol. The lowest BCUT2D eigenvalue weighted by atomic mass is 10.2. The molecule has 7 heteroatoms. The molecule has 0 aliphatic rings. The second-order valence-corrected chi connectivity index (χ2v) is 5.60. The molecule has 4 nitrogen and oxygen atoms in total. The molecule has 1 atom stereocenters. The summed E-state index contributed by atoms with van der Waals surface area (Å²) in [4.78, 5) is -0.697. The summed E-state index contributed by atoms with van der Waals surface area (Å²) in [6.45, 7) is 1.98. The van der Waals surface area contributed by atoms with E-state index in [0.29, 0.717) is 12.5 Å². The zero-order chi connectivity index (χ0) is 13.8. The van der Waals surface area contributed by atoms with Gasteiger partial charge in [-0.2, -0.15) is 0 Å². The molecule has 0 aliphatic heterocycles. The van der Waals surface area contributed by atoms with Gasteiger partial charge in [0, 0.05) is 12.6 Å². The molecular weight excluding hydrogens is 262 g/mol. The van der Waals surface area contributed by atoms with Crippen LogP contribution in [-0.2, 0) is 10.0 Å². The topological polar surface area (TPSA) is 72.2 Å². The average molecular weight is 278 g/mol. The van der Waals surface area contributed by atoms with E-state index < -0.39 is 32.6 Å². The molecule has 1 unspecified atom stereocenters. The molecule has 0 saturated carbocycles. The Morgan fingerprint density at radius 3 is 2.61 bits per heavy atom. The number of nitrogens with two attached hydrogens (primary N) is 1. The molecule has 0 spiro atoms. The van der Waals surface area contributed by atoms with Crippen molar-refractivity contribution >= 4 is 10.0 Å². The van der Waals surface area contributed by atoms with E-state index in [4.69, 9.17) is 5.73 Å². The molecule has 1 aromatic rings. The Balaban J connectivity index is 3.02. The molecule has 0 fully saturated rings. The maximum Gasteiger partial charge on any atom is 0.243 e. The number of sulfonamides is 1. The molecule has 0 bridgehead atoms. The third-order valence-corrected chi connectivity index (χ3v) is 3.96. The fraction of sp³-hybridized carbons (Fsp3) is 0.455. The van der Waals surface area contributed by atoms with Crippen LogP contribution in [0.4, 0.5) is 8.78 Å². The first kappa shape index (κ1) is 15.0. The van der Waals surface area contributed by atoms with E-state index >= 15 is 0 Å². The van der Waals surface area contributed by atoms with Crippen molar-refractivity contribution < 1.29 is 17.2 Å². The number of hydrogen-bond acceptors (Lipinski definition) is 3. The van der Waals surface area contributed by atoms with Crippen LogP contribution >= 0.6 is 0 Å². The lowest BCUT2D eigenvalue weighted by molar-refractivity contribution is 0.514. The van der Waals surface area contributed by atoms with Crippen molar-refractivity contribution in [1.82, 2.24) is 4.72 Å². The lowest BCUT2D eigenvalue weighted by Crippen LogP contribution is -2.40. The number of hydrogen-bond donors (Lipinski definition) is 2. The van der Waals surface area contributed by atoms with E-state index in [-0.39, 0.29) is 6.54 Å². The van der Waals surface area contributed by atoms with Crippen molar-refractivity contribution in [2.24, 2.45) is 5.73 Å². The molecule has 1 rings (SSSR count). The van der Waals surface area contributed by atoms with Gasteiger partial charge in [-0.05, 0) is 24.6 Å². The highest BCUT2D eigenvalue weighted by Crippen LogP contribution is 2.16. The van der Waals surface area contributed by atoms with Crippen molar-refractivity contribution in [2.75, 3.05) is 6.54 Å². The fourth-order valence-electron chi connectivity index (χ4n) is 1.54. The van der Waals surface area contributed by atoms with Gasteiger partial charge in [-0.15, -0.1) is 0 Å². The van der Waals surface area contributed by atoms with Crippen molar-refractivity contribution in [3.05, 3.63) is 29.8 Å². The number of rotatable bonds is 6. The molecule has 0 heterocycles. The standard InChI is InChI=1S/C11H16F2N2O2S/c1-2-3-9(7-14)15-18(16,17)11-6-8(12)4-5-10(11)13/h4-6,9,15H,2-3,7,14H2,1H3. The summed E-state index contributed by atoms with van der Waals surface area (Å²) >= 11 is 0. The van der Waals surface area contributed by atoms with Crippen LogP contribution < -0.4 is 10.5 Å². The van der Waals surface area contributed by atoms with E-state index in [2.05, 4.69) is 4.72 Å². The van der Waals surface area contributed by atoms with E-state index in [0.717, 1.165) is 18.6 Å². The maximum absolute atomic E-state index is 13.4. The van der Waals surface area contributed by atoms with Gasteiger partial charge >= 0.3 is 0 Å². The molecule has 0 aromatic heterocycles. The second kappa shape index (κ2) is 6.21. The van der Waals surface area contributed by atoms with Crippen molar-refractivity contribution in [3.8, 4) is 0 Å². The molecule has 0 saturated heterocycles. The number of benzene rings is 1. The largest absolute Gasteiger partial charge is 0.329 e. The Morgan fingerprint density at radius 1 is 1.39 bits per heavy atom. The van der Waals surface area contributed by atoms with Gasteiger partial charge in [-0.1, -0.05) is 13.3 Å². The van der Waals surface area contributed by atoms with Gasteiger partial charge in [0.15, 0.2) is 0 Å². The third kappa shape index (κ3) is 3.72. The van der Waals surface area contributed by atoms with Crippen LogP contribution in [0.15, 0.2) is 23.1 Å². The van der Waals surface area contributed by atoms with Gasteiger partial charge < -0.3 is 5.73 Å². The fourth-order valence-corrected chi connectivity index (χ4v) is 2.91. The summed E-state index contributed by atoms with van der Waals surface area (Å²) < 4.78 is 52.4. The summed E-state index contributed by atoms with van der Waals surface area (Å²) in [7, 11) is -4.09.